The fourth-order valence-corrected chi connectivity index (χ4v) is 1.65. The molecule has 1 saturated heterocycles. The summed E-state index contributed by atoms with van der Waals surface area (Å²) in [6.45, 7) is 9.92. The van der Waals surface area contributed by atoms with E-state index in [1.54, 1.807) is 4.90 Å². The fourth-order valence-electron chi connectivity index (χ4n) is 1.65. The minimum absolute atomic E-state index is 0.109. The molecule has 0 saturated carbocycles. The van der Waals surface area contributed by atoms with E-state index in [1.165, 1.54) is 0 Å². The second kappa shape index (κ2) is 4.54. The van der Waals surface area contributed by atoms with Gasteiger partial charge in [0.15, 0.2) is 0 Å². The van der Waals surface area contributed by atoms with E-state index in [-0.39, 0.29) is 12.1 Å². The quantitative estimate of drug-likeness (QED) is 0.621. The van der Waals surface area contributed by atoms with Crippen LogP contribution in [0.1, 0.15) is 33.6 Å². The standard InChI is InChI=1S/C12H19NO2/c1-5-7-10-8-6-9-13(10)11(14)15-12(2,3)4/h7,10H,1,6,8-9H2,2-4H3/t10-/m0/s1. The van der Waals surface area contributed by atoms with E-state index < -0.39 is 5.60 Å². The highest BCUT2D eigenvalue weighted by molar-refractivity contribution is 5.69. The number of ether oxygens (including phenoxy) is 1. The number of carbonyl (C=O) groups is 1. The van der Waals surface area contributed by atoms with Gasteiger partial charge in [-0.3, -0.25) is 0 Å². The lowest BCUT2D eigenvalue weighted by molar-refractivity contribution is 0.0256. The number of likely N-dealkylation sites (tertiary alicyclic amines) is 1. The molecule has 3 heteroatoms. The van der Waals surface area contributed by atoms with E-state index in [4.69, 9.17) is 4.74 Å². The molecule has 1 rings (SSSR count). The zero-order valence-corrected chi connectivity index (χ0v) is 9.75. The smallest absolute Gasteiger partial charge is 0.410 e. The van der Waals surface area contributed by atoms with Gasteiger partial charge in [0.1, 0.15) is 5.60 Å². The number of carbonyl (C=O) groups excluding carboxylic acids is 1. The predicted octanol–water partition coefficient (Wildman–Crippen LogP) is 2.73. The Morgan fingerprint density at radius 1 is 1.60 bits per heavy atom. The summed E-state index contributed by atoms with van der Waals surface area (Å²) in [4.78, 5) is 13.5. The van der Waals surface area contributed by atoms with Crippen LogP contribution in [0.15, 0.2) is 18.4 Å². The summed E-state index contributed by atoms with van der Waals surface area (Å²) in [6, 6.07) is 0.109. The lowest BCUT2D eigenvalue weighted by Crippen LogP contribution is -2.38. The second-order valence-corrected chi connectivity index (χ2v) is 4.75. The highest BCUT2D eigenvalue weighted by atomic mass is 16.6. The summed E-state index contributed by atoms with van der Waals surface area (Å²) in [5.41, 5.74) is 2.30. The van der Waals surface area contributed by atoms with Gasteiger partial charge in [0.25, 0.3) is 0 Å². The van der Waals surface area contributed by atoms with Gasteiger partial charge in [0.05, 0.1) is 6.04 Å². The van der Waals surface area contributed by atoms with Crippen LogP contribution >= 0.6 is 0 Å². The first-order valence-electron chi connectivity index (χ1n) is 5.29. The minimum Gasteiger partial charge on any atom is -0.444 e. The molecule has 1 atom stereocenters. The highest BCUT2D eigenvalue weighted by Gasteiger charge is 2.30. The van der Waals surface area contributed by atoms with Crippen molar-refractivity contribution in [3.8, 4) is 0 Å². The number of rotatable bonds is 1. The Morgan fingerprint density at radius 3 is 2.80 bits per heavy atom. The Morgan fingerprint density at radius 2 is 2.27 bits per heavy atom. The SMILES string of the molecule is C=C=C[C@H]1CCCN1C(=O)OC(C)(C)C. The molecule has 1 fully saturated rings. The molecular weight excluding hydrogens is 190 g/mol. The maximum Gasteiger partial charge on any atom is 0.410 e. The summed E-state index contributed by atoms with van der Waals surface area (Å²) in [5.74, 6) is 0. The van der Waals surface area contributed by atoms with Crippen LogP contribution in [0.3, 0.4) is 0 Å². The van der Waals surface area contributed by atoms with E-state index in [0.29, 0.717) is 0 Å². The first-order valence-corrected chi connectivity index (χ1v) is 5.29. The maximum atomic E-state index is 11.8. The maximum absolute atomic E-state index is 11.8. The van der Waals surface area contributed by atoms with Gasteiger partial charge in [0.2, 0.25) is 0 Å². The van der Waals surface area contributed by atoms with Crippen LogP contribution in [0.4, 0.5) is 4.79 Å². The van der Waals surface area contributed by atoms with Gasteiger partial charge in [-0.05, 0) is 39.7 Å². The van der Waals surface area contributed by atoms with Gasteiger partial charge in [-0.25, -0.2) is 4.79 Å². The Hall–Kier alpha value is -1.21. The number of nitrogens with zero attached hydrogens (tertiary/aromatic N) is 1. The van der Waals surface area contributed by atoms with Crippen molar-refractivity contribution in [1.29, 1.82) is 0 Å². The van der Waals surface area contributed by atoms with Gasteiger partial charge in [0, 0.05) is 6.54 Å². The lowest BCUT2D eigenvalue weighted by Gasteiger charge is -2.26. The van der Waals surface area contributed by atoms with E-state index in [2.05, 4.69) is 12.3 Å². The minimum atomic E-state index is -0.428. The number of hydrogen-bond donors (Lipinski definition) is 0. The number of hydrogen-bond acceptors (Lipinski definition) is 2. The van der Waals surface area contributed by atoms with Crippen LogP contribution in [0, 0.1) is 0 Å². The van der Waals surface area contributed by atoms with Crippen molar-refractivity contribution in [2.24, 2.45) is 0 Å². The third-order valence-electron chi connectivity index (χ3n) is 2.24. The molecule has 0 aliphatic carbocycles. The normalized spacial score (nSPS) is 21.0. The predicted molar refractivity (Wildman–Crippen MR) is 59.7 cm³/mol. The molecule has 0 radical (unpaired) electrons. The Balaban J connectivity index is 2.62. The summed E-state index contributed by atoms with van der Waals surface area (Å²) in [6.07, 6.45) is 3.58. The highest BCUT2D eigenvalue weighted by Crippen LogP contribution is 2.21. The molecule has 0 unspecified atom stereocenters. The molecule has 1 amide bonds. The summed E-state index contributed by atoms with van der Waals surface area (Å²) >= 11 is 0. The fraction of sp³-hybridized carbons (Fsp3) is 0.667. The lowest BCUT2D eigenvalue weighted by atomic mass is 10.2. The molecule has 0 spiro atoms. The Bertz CT molecular complexity index is 284. The van der Waals surface area contributed by atoms with Gasteiger partial charge in [-0.2, -0.15) is 0 Å². The zero-order chi connectivity index (χ0) is 11.5. The van der Waals surface area contributed by atoms with Gasteiger partial charge < -0.3 is 9.64 Å². The number of amides is 1. The van der Waals surface area contributed by atoms with Crippen molar-refractivity contribution in [3.63, 3.8) is 0 Å². The molecule has 84 valence electrons. The molecule has 0 aromatic carbocycles. The van der Waals surface area contributed by atoms with Crippen molar-refractivity contribution in [1.82, 2.24) is 4.90 Å². The molecule has 0 bridgehead atoms. The van der Waals surface area contributed by atoms with Gasteiger partial charge in [-0.15, -0.1) is 5.73 Å². The Kier molecular flexibility index (Phi) is 3.59. The largest absolute Gasteiger partial charge is 0.444 e. The van der Waals surface area contributed by atoms with Crippen LogP contribution in [0.2, 0.25) is 0 Å². The van der Waals surface area contributed by atoms with E-state index in [0.717, 1.165) is 19.4 Å². The van der Waals surface area contributed by atoms with Crippen molar-refractivity contribution in [2.45, 2.75) is 45.3 Å². The molecule has 1 heterocycles. The first kappa shape index (κ1) is 11.9. The summed E-state index contributed by atoms with van der Waals surface area (Å²) in [7, 11) is 0. The average molecular weight is 209 g/mol. The van der Waals surface area contributed by atoms with Crippen LogP contribution in [-0.4, -0.2) is 29.2 Å². The molecule has 1 aliphatic heterocycles. The molecule has 3 nitrogen and oxygen atoms in total. The first-order chi connectivity index (χ1) is 6.94. The third-order valence-corrected chi connectivity index (χ3v) is 2.24. The average Bonchev–Trinajstić information content (AvgIpc) is 2.49. The Labute approximate surface area is 91.4 Å². The molecule has 0 aromatic heterocycles. The van der Waals surface area contributed by atoms with Crippen LogP contribution in [0.5, 0.6) is 0 Å². The topological polar surface area (TPSA) is 29.5 Å². The monoisotopic (exact) mass is 209 g/mol. The van der Waals surface area contributed by atoms with Crippen molar-refractivity contribution < 1.29 is 9.53 Å². The van der Waals surface area contributed by atoms with E-state index in [9.17, 15) is 4.79 Å². The van der Waals surface area contributed by atoms with E-state index in [1.807, 2.05) is 26.8 Å². The third kappa shape index (κ3) is 3.45. The van der Waals surface area contributed by atoms with Gasteiger partial charge >= 0.3 is 6.09 Å². The summed E-state index contributed by atoms with van der Waals surface area (Å²) in [5, 5.41) is 0. The van der Waals surface area contributed by atoms with Crippen molar-refractivity contribution >= 4 is 6.09 Å². The van der Waals surface area contributed by atoms with Crippen LogP contribution in [0.25, 0.3) is 0 Å². The molecule has 0 aromatic rings. The van der Waals surface area contributed by atoms with Crippen LogP contribution in [-0.2, 0) is 4.74 Å². The van der Waals surface area contributed by atoms with Gasteiger partial charge in [-0.1, -0.05) is 6.58 Å². The van der Waals surface area contributed by atoms with Crippen LogP contribution < -0.4 is 0 Å². The zero-order valence-electron chi connectivity index (χ0n) is 9.75. The second-order valence-electron chi connectivity index (χ2n) is 4.75. The molecular formula is C12H19NO2. The summed E-state index contributed by atoms with van der Waals surface area (Å²) < 4.78 is 5.32. The molecule has 1 aliphatic rings. The molecule has 15 heavy (non-hydrogen) atoms. The molecule has 0 N–H and O–H groups in total. The van der Waals surface area contributed by atoms with Crippen molar-refractivity contribution in [2.75, 3.05) is 6.54 Å². The van der Waals surface area contributed by atoms with Crippen molar-refractivity contribution in [3.05, 3.63) is 18.4 Å². The van der Waals surface area contributed by atoms with E-state index >= 15 is 0 Å².